The SMILES string of the molecule is Cc1ccc2nc(C)cc(C(=O)NNC(=O)Cn3nc(C)cc3C)c2c1. The molecule has 1 aromatic carbocycles. The van der Waals surface area contributed by atoms with Gasteiger partial charge >= 0.3 is 0 Å². The van der Waals surface area contributed by atoms with Crippen molar-refractivity contribution in [2.75, 3.05) is 0 Å². The predicted octanol–water partition coefficient (Wildman–Crippen LogP) is 2.13. The number of carbonyl (C=O) groups excluding carboxylic acids is 2. The molecule has 0 atom stereocenters. The van der Waals surface area contributed by atoms with E-state index in [9.17, 15) is 9.59 Å². The van der Waals surface area contributed by atoms with Crippen LogP contribution in [0.5, 0.6) is 0 Å². The fourth-order valence-corrected chi connectivity index (χ4v) is 2.86. The molecule has 0 fully saturated rings. The molecule has 2 aromatic heterocycles. The second kappa shape index (κ2) is 6.95. The number of aromatic nitrogens is 3. The van der Waals surface area contributed by atoms with Crippen LogP contribution in [0.3, 0.4) is 0 Å². The van der Waals surface area contributed by atoms with Crippen LogP contribution in [0.4, 0.5) is 0 Å². The largest absolute Gasteiger partial charge is 0.271 e. The molecule has 2 N–H and O–H groups in total. The normalized spacial score (nSPS) is 10.8. The van der Waals surface area contributed by atoms with E-state index in [4.69, 9.17) is 0 Å². The topological polar surface area (TPSA) is 88.9 Å². The number of hydrazine groups is 1. The molecule has 3 aromatic rings. The molecule has 7 heteroatoms. The molecule has 2 amide bonds. The van der Waals surface area contributed by atoms with E-state index in [2.05, 4.69) is 20.9 Å². The van der Waals surface area contributed by atoms with Crippen molar-refractivity contribution in [3.63, 3.8) is 0 Å². The van der Waals surface area contributed by atoms with E-state index >= 15 is 0 Å². The highest BCUT2D eigenvalue weighted by Gasteiger charge is 2.14. The molecule has 0 saturated carbocycles. The number of pyridine rings is 1. The van der Waals surface area contributed by atoms with Crippen molar-refractivity contribution in [3.05, 3.63) is 58.5 Å². The Labute approximate surface area is 151 Å². The summed E-state index contributed by atoms with van der Waals surface area (Å²) in [5, 5.41) is 4.98. The van der Waals surface area contributed by atoms with Crippen LogP contribution in [-0.4, -0.2) is 26.6 Å². The van der Waals surface area contributed by atoms with E-state index in [1.165, 1.54) is 0 Å². The van der Waals surface area contributed by atoms with Gasteiger partial charge in [-0.3, -0.25) is 30.1 Å². The third-order valence-electron chi connectivity index (χ3n) is 4.05. The average molecular weight is 351 g/mol. The van der Waals surface area contributed by atoms with Gasteiger partial charge < -0.3 is 0 Å². The Morgan fingerprint density at radius 3 is 2.46 bits per heavy atom. The minimum Gasteiger partial charge on any atom is -0.271 e. The van der Waals surface area contributed by atoms with Crippen LogP contribution in [0.25, 0.3) is 10.9 Å². The quantitative estimate of drug-likeness (QED) is 0.708. The molecule has 0 aliphatic carbocycles. The van der Waals surface area contributed by atoms with Crippen molar-refractivity contribution >= 4 is 22.7 Å². The van der Waals surface area contributed by atoms with Crippen molar-refractivity contribution in [1.82, 2.24) is 25.6 Å². The number of nitrogens with one attached hydrogen (secondary N) is 2. The first-order valence-electron chi connectivity index (χ1n) is 8.32. The molecule has 0 aliphatic heterocycles. The second-order valence-electron chi connectivity index (χ2n) is 6.42. The van der Waals surface area contributed by atoms with Crippen molar-refractivity contribution in [2.24, 2.45) is 0 Å². The predicted molar refractivity (Wildman–Crippen MR) is 98.5 cm³/mol. The summed E-state index contributed by atoms with van der Waals surface area (Å²) in [4.78, 5) is 29.1. The molecule has 0 radical (unpaired) electrons. The van der Waals surface area contributed by atoms with Gasteiger partial charge in [-0.05, 0) is 52.0 Å². The first kappa shape index (κ1) is 17.6. The van der Waals surface area contributed by atoms with Gasteiger partial charge in [0.1, 0.15) is 6.54 Å². The van der Waals surface area contributed by atoms with Gasteiger partial charge in [-0.2, -0.15) is 5.10 Å². The molecule has 7 nitrogen and oxygen atoms in total. The molecule has 0 aliphatic rings. The number of amides is 2. The van der Waals surface area contributed by atoms with Crippen molar-refractivity contribution in [3.8, 4) is 0 Å². The minimum absolute atomic E-state index is 0.0369. The highest BCUT2D eigenvalue weighted by Crippen LogP contribution is 2.19. The Balaban J connectivity index is 1.74. The second-order valence-corrected chi connectivity index (χ2v) is 6.42. The molecule has 3 rings (SSSR count). The maximum absolute atomic E-state index is 12.6. The van der Waals surface area contributed by atoms with E-state index in [0.29, 0.717) is 5.56 Å². The Morgan fingerprint density at radius 1 is 1.00 bits per heavy atom. The fraction of sp³-hybridized carbons (Fsp3) is 0.263. The Kier molecular flexibility index (Phi) is 4.71. The summed E-state index contributed by atoms with van der Waals surface area (Å²) in [6.45, 7) is 7.56. The lowest BCUT2D eigenvalue weighted by Gasteiger charge is -2.11. The fourth-order valence-electron chi connectivity index (χ4n) is 2.86. The van der Waals surface area contributed by atoms with Gasteiger partial charge in [0.05, 0.1) is 16.8 Å². The van der Waals surface area contributed by atoms with Gasteiger partial charge in [0.2, 0.25) is 0 Å². The summed E-state index contributed by atoms with van der Waals surface area (Å²) in [6, 6.07) is 9.35. The van der Waals surface area contributed by atoms with Crippen LogP contribution in [0.2, 0.25) is 0 Å². The number of hydrogen-bond acceptors (Lipinski definition) is 4. The number of fused-ring (bicyclic) bond motifs is 1. The zero-order valence-electron chi connectivity index (χ0n) is 15.3. The van der Waals surface area contributed by atoms with E-state index in [1.807, 2.05) is 52.0 Å². The Hall–Kier alpha value is -3.22. The third kappa shape index (κ3) is 3.72. The van der Waals surface area contributed by atoms with Gasteiger partial charge in [-0.15, -0.1) is 0 Å². The molecule has 0 unspecified atom stereocenters. The van der Waals surface area contributed by atoms with E-state index in [0.717, 1.165) is 33.5 Å². The monoisotopic (exact) mass is 351 g/mol. The molecule has 0 bridgehead atoms. The summed E-state index contributed by atoms with van der Waals surface area (Å²) in [6.07, 6.45) is 0. The Bertz CT molecular complexity index is 1010. The van der Waals surface area contributed by atoms with E-state index in [1.54, 1.807) is 10.7 Å². The maximum Gasteiger partial charge on any atom is 0.270 e. The van der Waals surface area contributed by atoms with Gasteiger partial charge in [-0.1, -0.05) is 11.6 Å². The maximum atomic E-state index is 12.6. The number of benzene rings is 1. The number of carbonyl (C=O) groups is 2. The lowest BCUT2D eigenvalue weighted by molar-refractivity contribution is -0.122. The highest BCUT2D eigenvalue weighted by molar-refractivity contribution is 6.06. The number of rotatable bonds is 3. The van der Waals surface area contributed by atoms with Crippen LogP contribution in [-0.2, 0) is 11.3 Å². The number of nitrogens with zero attached hydrogens (tertiary/aromatic N) is 3. The molecule has 26 heavy (non-hydrogen) atoms. The molecular formula is C19H21N5O2. The van der Waals surface area contributed by atoms with Crippen molar-refractivity contribution < 1.29 is 9.59 Å². The summed E-state index contributed by atoms with van der Waals surface area (Å²) < 4.78 is 1.59. The zero-order valence-corrected chi connectivity index (χ0v) is 15.3. The average Bonchev–Trinajstić information content (AvgIpc) is 2.89. The summed E-state index contributed by atoms with van der Waals surface area (Å²) in [5.41, 5.74) is 9.64. The third-order valence-corrected chi connectivity index (χ3v) is 4.05. The van der Waals surface area contributed by atoms with E-state index < -0.39 is 0 Å². The minimum atomic E-state index is -0.382. The van der Waals surface area contributed by atoms with Gasteiger partial charge in [-0.25, -0.2) is 0 Å². The lowest BCUT2D eigenvalue weighted by Crippen LogP contribution is -2.43. The van der Waals surface area contributed by atoms with Crippen LogP contribution < -0.4 is 10.9 Å². The number of aryl methyl sites for hydroxylation is 4. The molecular weight excluding hydrogens is 330 g/mol. The first-order chi connectivity index (χ1) is 12.3. The van der Waals surface area contributed by atoms with Gasteiger partial charge in [0.25, 0.3) is 11.8 Å². The van der Waals surface area contributed by atoms with Crippen molar-refractivity contribution in [2.45, 2.75) is 34.2 Å². The molecule has 134 valence electrons. The summed E-state index contributed by atoms with van der Waals surface area (Å²) in [7, 11) is 0. The molecule has 0 saturated heterocycles. The van der Waals surface area contributed by atoms with Crippen molar-refractivity contribution in [1.29, 1.82) is 0 Å². The van der Waals surface area contributed by atoms with Gasteiger partial charge in [0.15, 0.2) is 0 Å². The summed E-state index contributed by atoms with van der Waals surface area (Å²) in [5.74, 6) is -0.733. The van der Waals surface area contributed by atoms with E-state index in [-0.39, 0.29) is 18.4 Å². The van der Waals surface area contributed by atoms with Crippen LogP contribution in [0.15, 0.2) is 30.3 Å². The zero-order chi connectivity index (χ0) is 18.8. The smallest absolute Gasteiger partial charge is 0.270 e. The standard InChI is InChI=1S/C19H21N5O2/c1-11-5-6-17-15(7-11)16(9-12(2)20-17)19(26)22-21-18(25)10-24-14(4)8-13(3)23-24/h5-9H,10H2,1-4H3,(H,21,25)(H,22,26). The van der Waals surface area contributed by atoms with Crippen LogP contribution in [0.1, 0.15) is 33.0 Å². The summed E-state index contributed by atoms with van der Waals surface area (Å²) >= 11 is 0. The van der Waals surface area contributed by atoms with Gasteiger partial charge in [0, 0.05) is 16.8 Å². The molecule has 2 heterocycles. The molecule has 0 spiro atoms. The lowest BCUT2D eigenvalue weighted by atomic mass is 10.0. The first-order valence-corrected chi connectivity index (χ1v) is 8.32. The Morgan fingerprint density at radius 2 is 1.77 bits per heavy atom. The van der Waals surface area contributed by atoms with Crippen LogP contribution in [0, 0.1) is 27.7 Å². The number of hydrogen-bond donors (Lipinski definition) is 2. The van der Waals surface area contributed by atoms with Crippen LogP contribution >= 0.6 is 0 Å². The highest BCUT2D eigenvalue weighted by atomic mass is 16.2.